The summed E-state index contributed by atoms with van der Waals surface area (Å²) in [4.78, 5) is 12.8. The van der Waals surface area contributed by atoms with Crippen molar-refractivity contribution in [1.29, 1.82) is 0 Å². The van der Waals surface area contributed by atoms with Gasteiger partial charge in [-0.2, -0.15) is 0 Å². The second-order valence-corrected chi connectivity index (χ2v) is 6.04. The fourth-order valence-electron chi connectivity index (χ4n) is 3.74. The second kappa shape index (κ2) is 4.19. The van der Waals surface area contributed by atoms with Crippen LogP contribution in [0, 0.1) is 17.3 Å². The fourth-order valence-corrected chi connectivity index (χ4v) is 3.74. The molecule has 0 aromatic heterocycles. The van der Waals surface area contributed by atoms with Gasteiger partial charge in [-0.1, -0.05) is 61.6 Å². The third-order valence-corrected chi connectivity index (χ3v) is 5.18. The van der Waals surface area contributed by atoms with Gasteiger partial charge in [0.25, 0.3) is 0 Å². The van der Waals surface area contributed by atoms with Crippen molar-refractivity contribution in [2.45, 2.75) is 26.2 Å². The smallest absolute Gasteiger partial charge is 0.147 e. The molecule has 3 rings (SSSR count). The Kier molecular flexibility index (Phi) is 2.74. The molecule has 0 aliphatic heterocycles. The minimum absolute atomic E-state index is 0.0705. The maximum absolute atomic E-state index is 12.8. The van der Waals surface area contributed by atoms with Gasteiger partial charge >= 0.3 is 0 Å². The van der Waals surface area contributed by atoms with E-state index in [-0.39, 0.29) is 17.8 Å². The van der Waals surface area contributed by atoms with E-state index < -0.39 is 5.41 Å². The van der Waals surface area contributed by atoms with Crippen molar-refractivity contribution in [3.05, 3.63) is 60.2 Å². The first-order valence-corrected chi connectivity index (χ1v) is 7.02. The van der Waals surface area contributed by atoms with Crippen molar-refractivity contribution in [2.75, 3.05) is 0 Å². The molecule has 0 heterocycles. The van der Waals surface area contributed by atoms with Gasteiger partial charge in [-0.25, -0.2) is 0 Å². The van der Waals surface area contributed by atoms with E-state index in [9.17, 15) is 4.79 Å². The van der Waals surface area contributed by atoms with E-state index in [1.807, 2.05) is 18.2 Å². The summed E-state index contributed by atoms with van der Waals surface area (Å²) in [6.45, 7) is 8.53. The van der Waals surface area contributed by atoms with E-state index in [0.29, 0.717) is 5.78 Å². The van der Waals surface area contributed by atoms with Crippen molar-refractivity contribution in [3.8, 4) is 0 Å². The van der Waals surface area contributed by atoms with Crippen LogP contribution in [0.5, 0.6) is 0 Å². The normalized spacial score (nSPS) is 37.5. The highest BCUT2D eigenvalue weighted by Crippen LogP contribution is 2.57. The number of hydrogen-bond donors (Lipinski definition) is 0. The van der Waals surface area contributed by atoms with Gasteiger partial charge in [0.05, 0.1) is 5.41 Å². The van der Waals surface area contributed by atoms with E-state index in [1.54, 1.807) is 0 Å². The average molecular weight is 252 g/mol. The SMILES string of the molecule is C=C1C(c2ccccc2)C2CC=C[C@H](C)[C@@]1(C)C2=O. The van der Waals surface area contributed by atoms with E-state index >= 15 is 0 Å². The number of benzene rings is 1. The molecular weight excluding hydrogens is 232 g/mol. The summed E-state index contributed by atoms with van der Waals surface area (Å²) in [7, 11) is 0. The van der Waals surface area contributed by atoms with Gasteiger partial charge in [0.15, 0.2) is 0 Å². The van der Waals surface area contributed by atoms with Gasteiger partial charge in [0.1, 0.15) is 5.78 Å². The molecule has 98 valence electrons. The maximum Gasteiger partial charge on any atom is 0.147 e. The van der Waals surface area contributed by atoms with E-state index in [0.717, 1.165) is 12.0 Å². The van der Waals surface area contributed by atoms with Crippen LogP contribution < -0.4 is 0 Å². The highest BCUT2D eigenvalue weighted by Gasteiger charge is 2.55. The van der Waals surface area contributed by atoms with Crippen LogP contribution in [0.3, 0.4) is 0 Å². The van der Waals surface area contributed by atoms with Gasteiger partial charge in [-0.15, -0.1) is 0 Å². The Morgan fingerprint density at radius 1 is 1.26 bits per heavy atom. The lowest BCUT2D eigenvalue weighted by Crippen LogP contribution is -2.31. The maximum atomic E-state index is 12.8. The lowest BCUT2D eigenvalue weighted by molar-refractivity contribution is -0.128. The van der Waals surface area contributed by atoms with Crippen molar-refractivity contribution < 1.29 is 4.79 Å². The monoisotopic (exact) mass is 252 g/mol. The standard InChI is InChI=1S/C18H20O/c1-12-8-7-11-15-16(14-9-5-4-6-10-14)13(2)18(12,3)17(15)19/h4-10,12,15-16H,2,11H2,1,3H3/t12-,15?,16?,18+/m0/s1. The molecule has 4 atom stereocenters. The molecule has 1 aromatic rings. The van der Waals surface area contributed by atoms with Crippen LogP contribution in [0.2, 0.25) is 0 Å². The molecule has 2 unspecified atom stereocenters. The highest BCUT2D eigenvalue weighted by molar-refractivity contribution is 5.96. The Morgan fingerprint density at radius 2 is 1.95 bits per heavy atom. The molecule has 2 aliphatic rings. The van der Waals surface area contributed by atoms with Crippen LogP contribution in [-0.4, -0.2) is 5.78 Å². The summed E-state index contributed by atoms with van der Waals surface area (Å²) in [5.41, 5.74) is 1.95. The number of ketones is 1. The van der Waals surface area contributed by atoms with E-state index in [2.05, 4.69) is 44.7 Å². The number of allylic oxidation sites excluding steroid dienone is 3. The molecule has 1 heteroatoms. The van der Waals surface area contributed by atoms with Crippen LogP contribution in [0.25, 0.3) is 0 Å². The summed E-state index contributed by atoms with van der Waals surface area (Å²) in [5.74, 6) is 0.877. The summed E-state index contributed by atoms with van der Waals surface area (Å²) < 4.78 is 0. The van der Waals surface area contributed by atoms with Crippen LogP contribution in [-0.2, 0) is 4.79 Å². The molecule has 1 saturated carbocycles. The Bertz CT molecular complexity index is 554. The lowest BCUT2D eigenvalue weighted by Gasteiger charge is -2.30. The lowest BCUT2D eigenvalue weighted by atomic mass is 9.72. The molecule has 0 saturated heterocycles. The molecule has 0 N–H and O–H groups in total. The third-order valence-electron chi connectivity index (χ3n) is 5.18. The van der Waals surface area contributed by atoms with Crippen molar-refractivity contribution in [2.24, 2.45) is 17.3 Å². The Morgan fingerprint density at radius 3 is 2.63 bits per heavy atom. The number of hydrogen-bond acceptors (Lipinski definition) is 1. The van der Waals surface area contributed by atoms with Crippen molar-refractivity contribution in [1.82, 2.24) is 0 Å². The molecule has 0 radical (unpaired) electrons. The highest BCUT2D eigenvalue weighted by atomic mass is 16.1. The number of Topliss-reactive ketones (excluding diaryl/α,β-unsaturated/α-hetero) is 1. The molecule has 0 amide bonds. The Labute approximate surface area is 115 Å². The third kappa shape index (κ3) is 1.57. The molecule has 1 fully saturated rings. The van der Waals surface area contributed by atoms with E-state index in [4.69, 9.17) is 0 Å². The molecule has 2 aliphatic carbocycles. The van der Waals surface area contributed by atoms with Gasteiger partial charge in [-0.05, 0) is 24.8 Å². The van der Waals surface area contributed by atoms with E-state index in [1.165, 1.54) is 5.56 Å². The summed E-state index contributed by atoms with van der Waals surface area (Å²) >= 11 is 0. The van der Waals surface area contributed by atoms with Gasteiger partial charge in [-0.3, -0.25) is 4.79 Å². The number of carbonyl (C=O) groups is 1. The zero-order valence-corrected chi connectivity index (χ0v) is 11.6. The largest absolute Gasteiger partial charge is 0.298 e. The molecule has 2 bridgehead atoms. The van der Waals surface area contributed by atoms with Gasteiger partial charge in [0.2, 0.25) is 0 Å². The Hall–Kier alpha value is -1.63. The predicted octanol–water partition coefficient (Wildman–Crippen LogP) is 4.13. The summed E-state index contributed by atoms with van der Waals surface area (Å²) in [5, 5.41) is 0. The van der Waals surface area contributed by atoms with Gasteiger partial charge in [0, 0.05) is 11.8 Å². The molecule has 1 aromatic carbocycles. The molecule has 0 spiro atoms. The minimum Gasteiger partial charge on any atom is -0.298 e. The quantitative estimate of drug-likeness (QED) is 0.687. The summed E-state index contributed by atoms with van der Waals surface area (Å²) in [6.07, 6.45) is 5.21. The first kappa shape index (κ1) is 12.4. The first-order chi connectivity index (χ1) is 9.06. The average Bonchev–Trinajstić information content (AvgIpc) is 2.54. The first-order valence-electron chi connectivity index (χ1n) is 7.02. The number of rotatable bonds is 1. The Balaban J connectivity index is 2.13. The van der Waals surface area contributed by atoms with Crippen LogP contribution >= 0.6 is 0 Å². The predicted molar refractivity (Wildman–Crippen MR) is 77.8 cm³/mol. The van der Waals surface area contributed by atoms with Crippen LogP contribution in [0.1, 0.15) is 31.7 Å². The zero-order valence-electron chi connectivity index (χ0n) is 11.6. The second-order valence-electron chi connectivity index (χ2n) is 6.04. The molecule has 19 heavy (non-hydrogen) atoms. The number of carbonyl (C=O) groups excluding carboxylic acids is 1. The van der Waals surface area contributed by atoms with Crippen LogP contribution in [0.4, 0.5) is 0 Å². The fraction of sp³-hybridized carbons (Fsp3) is 0.389. The van der Waals surface area contributed by atoms with Crippen molar-refractivity contribution in [3.63, 3.8) is 0 Å². The molecule has 1 nitrogen and oxygen atoms in total. The van der Waals surface area contributed by atoms with Crippen molar-refractivity contribution >= 4 is 5.78 Å². The topological polar surface area (TPSA) is 17.1 Å². The summed E-state index contributed by atoms with van der Waals surface area (Å²) in [6, 6.07) is 10.4. The number of fused-ring (bicyclic) bond motifs is 2. The van der Waals surface area contributed by atoms with Crippen LogP contribution in [0.15, 0.2) is 54.6 Å². The molecular formula is C18H20O. The minimum atomic E-state index is -0.391. The zero-order chi connectivity index (χ0) is 13.6. The van der Waals surface area contributed by atoms with Gasteiger partial charge < -0.3 is 0 Å².